The molecule has 0 radical (unpaired) electrons. The Labute approximate surface area is 147 Å². The number of aromatic nitrogens is 2. The normalized spacial score (nSPS) is 15.5. The van der Waals surface area contributed by atoms with Crippen LogP contribution < -0.4 is 5.32 Å². The number of hydrogen-bond donors (Lipinski definition) is 1. The summed E-state index contributed by atoms with van der Waals surface area (Å²) in [5, 5.41) is 3.28. The van der Waals surface area contributed by atoms with Gasteiger partial charge in [0, 0.05) is 24.1 Å². The van der Waals surface area contributed by atoms with Crippen LogP contribution in [0.4, 0.5) is 18.9 Å². The van der Waals surface area contributed by atoms with Gasteiger partial charge in [-0.15, -0.1) is 0 Å². The van der Waals surface area contributed by atoms with Crippen molar-refractivity contribution in [1.29, 1.82) is 0 Å². The van der Waals surface area contributed by atoms with Crippen LogP contribution in [0.1, 0.15) is 37.3 Å². The van der Waals surface area contributed by atoms with Gasteiger partial charge in [-0.1, -0.05) is 30.7 Å². The fourth-order valence-corrected chi connectivity index (χ4v) is 3.80. The Kier molecular flexibility index (Phi) is 5.36. The number of imidazole rings is 1. The number of halogens is 3. The van der Waals surface area contributed by atoms with Crippen molar-refractivity contribution in [3.63, 3.8) is 0 Å². The Hall–Kier alpha value is -1.96. The van der Waals surface area contributed by atoms with E-state index in [2.05, 4.69) is 14.9 Å². The van der Waals surface area contributed by atoms with E-state index in [-0.39, 0.29) is 17.3 Å². The third kappa shape index (κ3) is 4.56. The minimum atomic E-state index is -4.43. The quantitative estimate of drug-likeness (QED) is 0.774. The second-order valence-electron chi connectivity index (χ2n) is 5.97. The van der Waals surface area contributed by atoms with Crippen LogP contribution in [0.5, 0.6) is 0 Å². The van der Waals surface area contributed by atoms with Crippen molar-refractivity contribution in [2.24, 2.45) is 0 Å². The molecule has 2 aromatic rings. The molecule has 1 aliphatic rings. The summed E-state index contributed by atoms with van der Waals surface area (Å²) < 4.78 is 40.2. The van der Waals surface area contributed by atoms with Gasteiger partial charge in [0.2, 0.25) is 5.91 Å². The lowest BCUT2D eigenvalue weighted by Crippen LogP contribution is -2.16. The van der Waals surface area contributed by atoms with Gasteiger partial charge in [0.05, 0.1) is 11.3 Å². The molecule has 134 valence electrons. The molecule has 0 bridgehead atoms. The highest BCUT2D eigenvalue weighted by molar-refractivity contribution is 7.99. The monoisotopic (exact) mass is 369 g/mol. The number of hydrogen-bond acceptors (Lipinski definition) is 3. The van der Waals surface area contributed by atoms with E-state index in [1.54, 1.807) is 6.20 Å². The summed E-state index contributed by atoms with van der Waals surface area (Å²) in [6.45, 7) is 0. The summed E-state index contributed by atoms with van der Waals surface area (Å²) in [4.78, 5) is 16.3. The lowest BCUT2D eigenvalue weighted by molar-refractivity contribution is -0.137. The highest BCUT2D eigenvalue weighted by atomic mass is 32.2. The number of thioether (sulfide) groups is 1. The van der Waals surface area contributed by atoms with Crippen molar-refractivity contribution in [2.75, 3.05) is 11.1 Å². The predicted octanol–water partition coefficient (Wildman–Crippen LogP) is 4.75. The molecule has 1 saturated carbocycles. The minimum absolute atomic E-state index is 0.0972. The molecule has 0 aliphatic heterocycles. The van der Waals surface area contributed by atoms with E-state index in [0.717, 1.165) is 30.1 Å². The van der Waals surface area contributed by atoms with Gasteiger partial charge in [0.1, 0.15) is 0 Å². The smallest absolute Gasteiger partial charge is 0.325 e. The number of rotatable bonds is 5. The number of nitrogens with one attached hydrogen (secondary N) is 1. The van der Waals surface area contributed by atoms with Crippen molar-refractivity contribution in [2.45, 2.75) is 43.1 Å². The molecule has 25 heavy (non-hydrogen) atoms. The van der Waals surface area contributed by atoms with Crippen molar-refractivity contribution in [3.05, 3.63) is 42.2 Å². The van der Waals surface area contributed by atoms with Gasteiger partial charge in [-0.25, -0.2) is 4.98 Å². The van der Waals surface area contributed by atoms with Crippen LogP contribution in [0.2, 0.25) is 0 Å². The summed E-state index contributed by atoms with van der Waals surface area (Å²) in [6.07, 6.45) is 3.82. The van der Waals surface area contributed by atoms with Gasteiger partial charge in [0.15, 0.2) is 5.16 Å². The van der Waals surface area contributed by atoms with Crippen molar-refractivity contribution in [3.8, 4) is 0 Å². The molecule has 0 spiro atoms. The second kappa shape index (κ2) is 7.51. The molecule has 1 fully saturated rings. The Bertz CT molecular complexity index is 739. The third-order valence-electron chi connectivity index (χ3n) is 4.16. The van der Waals surface area contributed by atoms with Crippen molar-refractivity contribution in [1.82, 2.24) is 9.55 Å². The Morgan fingerprint density at radius 2 is 2.08 bits per heavy atom. The fourth-order valence-electron chi connectivity index (χ4n) is 2.97. The van der Waals surface area contributed by atoms with Crippen LogP contribution >= 0.6 is 11.8 Å². The van der Waals surface area contributed by atoms with Crippen molar-refractivity contribution < 1.29 is 18.0 Å². The molecule has 0 saturated heterocycles. The first-order valence-electron chi connectivity index (χ1n) is 8.06. The highest BCUT2D eigenvalue weighted by Crippen LogP contribution is 2.33. The number of nitrogens with zero attached hydrogens (tertiary/aromatic N) is 2. The molecular weight excluding hydrogens is 351 g/mol. The van der Waals surface area contributed by atoms with Crippen LogP contribution in [-0.2, 0) is 11.0 Å². The van der Waals surface area contributed by atoms with Gasteiger partial charge in [-0.3, -0.25) is 4.79 Å². The first-order valence-corrected chi connectivity index (χ1v) is 9.05. The number of carbonyl (C=O) groups is 1. The van der Waals surface area contributed by atoms with Crippen LogP contribution in [0.15, 0.2) is 41.8 Å². The zero-order valence-electron chi connectivity index (χ0n) is 13.4. The summed E-state index contributed by atoms with van der Waals surface area (Å²) in [7, 11) is 0. The maximum Gasteiger partial charge on any atom is 0.416 e. The van der Waals surface area contributed by atoms with Crippen LogP contribution in [0, 0.1) is 0 Å². The van der Waals surface area contributed by atoms with Gasteiger partial charge in [0.25, 0.3) is 0 Å². The topological polar surface area (TPSA) is 46.9 Å². The standard InChI is InChI=1S/C17H18F3N3OS/c18-17(19,20)12-4-3-5-13(10-12)22-15(24)11-25-16-21-8-9-23(16)14-6-1-2-7-14/h3-5,8-10,14H,1-2,6-7,11H2,(H,22,24). The second-order valence-corrected chi connectivity index (χ2v) is 6.91. The maximum atomic E-state index is 12.7. The molecule has 1 aliphatic carbocycles. The summed E-state index contributed by atoms with van der Waals surface area (Å²) in [5.41, 5.74) is -0.644. The van der Waals surface area contributed by atoms with Crippen LogP contribution in [0.3, 0.4) is 0 Å². The van der Waals surface area contributed by atoms with Crippen molar-refractivity contribution >= 4 is 23.4 Å². The minimum Gasteiger partial charge on any atom is -0.325 e. The highest BCUT2D eigenvalue weighted by Gasteiger charge is 2.30. The number of amides is 1. The number of carbonyl (C=O) groups excluding carboxylic acids is 1. The molecular formula is C17H18F3N3OS. The first kappa shape index (κ1) is 17.8. The molecule has 8 heteroatoms. The maximum absolute atomic E-state index is 12.7. The van der Waals surface area contributed by atoms with E-state index in [4.69, 9.17) is 0 Å². The Balaban J connectivity index is 1.58. The van der Waals surface area contributed by atoms with E-state index in [1.165, 1.54) is 36.7 Å². The lowest BCUT2D eigenvalue weighted by atomic mass is 10.2. The average molecular weight is 369 g/mol. The van der Waals surface area contributed by atoms with Crippen LogP contribution in [-0.4, -0.2) is 21.2 Å². The number of anilines is 1. The van der Waals surface area contributed by atoms with E-state index in [9.17, 15) is 18.0 Å². The molecule has 1 aromatic heterocycles. The zero-order valence-corrected chi connectivity index (χ0v) is 14.2. The van der Waals surface area contributed by atoms with E-state index >= 15 is 0 Å². The molecule has 1 heterocycles. The lowest BCUT2D eigenvalue weighted by Gasteiger charge is -2.14. The molecule has 1 amide bonds. The van der Waals surface area contributed by atoms with Gasteiger partial charge >= 0.3 is 6.18 Å². The molecule has 0 unspecified atom stereocenters. The first-order chi connectivity index (χ1) is 11.9. The largest absolute Gasteiger partial charge is 0.416 e. The van der Waals surface area contributed by atoms with Gasteiger partial charge in [-0.05, 0) is 31.0 Å². The molecule has 3 rings (SSSR count). The van der Waals surface area contributed by atoms with Gasteiger partial charge in [-0.2, -0.15) is 13.2 Å². The molecule has 4 nitrogen and oxygen atoms in total. The number of alkyl halides is 3. The molecule has 1 aromatic carbocycles. The number of benzene rings is 1. The molecule has 0 atom stereocenters. The van der Waals surface area contributed by atoms with E-state index in [0.29, 0.717) is 6.04 Å². The molecule has 1 N–H and O–H groups in total. The summed E-state index contributed by atoms with van der Waals surface area (Å²) in [5.74, 6) is -0.259. The summed E-state index contributed by atoms with van der Waals surface area (Å²) >= 11 is 1.30. The third-order valence-corrected chi connectivity index (χ3v) is 5.14. The van der Waals surface area contributed by atoms with Gasteiger partial charge < -0.3 is 9.88 Å². The van der Waals surface area contributed by atoms with E-state index in [1.807, 2.05) is 6.20 Å². The Morgan fingerprint density at radius 1 is 1.32 bits per heavy atom. The summed E-state index contributed by atoms with van der Waals surface area (Å²) in [6, 6.07) is 5.05. The van der Waals surface area contributed by atoms with Crippen LogP contribution in [0.25, 0.3) is 0 Å². The SMILES string of the molecule is O=C(CSc1nccn1C1CCCC1)Nc1cccc(C(F)(F)F)c1. The Morgan fingerprint density at radius 3 is 2.80 bits per heavy atom. The predicted molar refractivity (Wildman–Crippen MR) is 90.5 cm³/mol. The van der Waals surface area contributed by atoms with E-state index < -0.39 is 11.7 Å². The fraction of sp³-hybridized carbons (Fsp3) is 0.412. The zero-order chi connectivity index (χ0) is 17.9. The average Bonchev–Trinajstić information content (AvgIpc) is 3.23.